The van der Waals surface area contributed by atoms with Crippen LogP contribution in [0.1, 0.15) is 32.1 Å². The molecule has 15 heavy (non-hydrogen) atoms. The molecule has 1 aliphatic carbocycles. The number of quaternary nitrogens is 1. The molecule has 0 radical (unpaired) electrons. The third-order valence-corrected chi connectivity index (χ3v) is 4.23. The SMILES string of the molecule is C#C[C@]1(O)CC[N+](C)([O-])[C@H]2CCCC[C@@H]21. The Morgan fingerprint density at radius 2 is 2.13 bits per heavy atom. The van der Waals surface area contributed by atoms with Gasteiger partial charge >= 0.3 is 0 Å². The first-order chi connectivity index (χ1) is 6.99. The quantitative estimate of drug-likeness (QED) is 0.371. The van der Waals surface area contributed by atoms with E-state index in [9.17, 15) is 10.3 Å². The fourth-order valence-corrected chi connectivity index (χ4v) is 3.24. The molecule has 0 bridgehead atoms. The molecule has 2 fully saturated rings. The average Bonchev–Trinajstić information content (AvgIpc) is 2.25. The van der Waals surface area contributed by atoms with Crippen molar-refractivity contribution < 1.29 is 9.75 Å². The minimum absolute atomic E-state index is 0.00694. The second-order valence-electron chi connectivity index (χ2n) is 5.17. The average molecular weight is 209 g/mol. The minimum Gasteiger partial charge on any atom is -0.633 e. The fourth-order valence-electron chi connectivity index (χ4n) is 3.24. The third-order valence-electron chi connectivity index (χ3n) is 4.23. The lowest BCUT2D eigenvalue weighted by atomic mass is 9.69. The van der Waals surface area contributed by atoms with Crippen LogP contribution in [0.3, 0.4) is 0 Å². The Morgan fingerprint density at radius 1 is 1.47 bits per heavy atom. The summed E-state index contributed by atoms with van der Waals surface area (Å²) in [6.07, 6.45) is 9.87. The number of likely N-dealkylation sites (tertiary alicyclic amines) is 1. The van der Waals surface area contributed by atoms with E-state index in [0.717, 1.165) is 25.7 Å². The molecule has 0 amide bonds. The van der Waals surface area contributed by atoms with Gasteiger partial charge in [0.25, 0.3) is 0 Å². The Labute approximate surface area is 91.3 Å². The molecule has 1 aliphatic heterocycles. The van der Waals surface area contributed by atoms with Gasteiger partial charge in [0.15, 0.2) is 0 Å². The maximum absolute atomic E-state index is 12.2. The third kappa shape index (κ3) is 1.67. The topological polar surface area (TPSA) is 43.3 Å². The van der Waals surface area contributed by atoms with Crippen molar-refractivity contribution in [3.05, 3.63) is 5.21 Å². The maximum Gasteiger partial charge on any atom is 0.139 e. The van der Waals surface area contributed by atoms with E-state index in [1.807, 2.05) is 0 Å². The summed E-state index contributed by atoms with van der Waals surface area (Å²) in [7, 11) is 1.72. The molecule has 1 N–H and O–H groups in total. The molecule has 1 unspecified atom stereocenters. The van der Waals surface area contributed by atoms with Gasteiger partial charge < -0.3 is 15.0 Å². The van der Waals surface area contributed by atoms with Crippen LogP contribution in [-0.4, -0.2) is 35.0 Å². The zero-order valence-electron chi connectivity index (χ0n) is 9.28. The van der Waals surface area contributed by atoms with E-state index < -0.39 is 5.60 Å². The Kier molecular flexibility index (Phi) is 2.54. The van der Waals surface area contributed by atoms with Gasteiger partial charge in [-0.25, -0.2) is 0 Å². The number of hydrogen-bond donors (Lipinski definition) is 1. The molecule has 0 spiro atoms. The molecule has 2 rings (SSSR count). The van der Waals surface area contributed by atoms with Crippen LogP contribution in [-0.2, 0) is 0 Å². The van der Waals surface area contributed by atoms with Crippen molar-refractivity contribution in [2.45, 2.75) is 43.7 Å². The molecule has 4 atom stereocenters. The van der Waals surface area contributed by atoms with Crippen LogP contribution in [0.2, 0.25) is 0 Å². The van der Waals surface area contributed by atoms with Crippen LogP contribution in [0.15, 0.2) is 0 Å². The summed E-state index contributed by atoms with van der Waals surface area (Å²) in [4.78, 5) is 0. The van der Waals surface area contributed by atoms with Crippen molar-refractivity contribution in [1.29, 1.82) is 0 Å². The fraction of sp³-hybridized carbons (Fsp3) is 0.833. The summed E-state index contributed by atoms with van der Waals surface area (Å²) < 4.78 is -0.214. The summed E-state index contributed by atoms with van der Waals surface area (Å²) in [6, 6.07) is 0.00792. The molecule has 0 aromatic heterocycles. The summed E-state index contributed by atoms with van der Waals surface area (Å²) in [6.45, 7) is 0.446. The van der Waals surface area contributed by atoms with E-state index in [4.69, 9.17) is 6.42 Å². The zero-order chi connectivity index (χ0) is 11.1. The van der Waals surface area contributed by atoms with Crippen LogP contribution in [0.5, 0.6) is 0 Å². The van der Waals surface area contributed by atoms with Crippen molar-refractivity contribution in [2.24, 2.45) is 5.92 Å². The van der Waals surface area contributed by atoms with Gasteiger partial charge in [0.2, 0.25) is 0 Å². The van der Waals surface area contributed by atoms with Gasteiger partial charge in [0, 0.05) is 12.8 Å². The molecule has 3 nitrogen and oxygen atoms in total. The second kappa shape index (κ2) is 3.48. The lowest BCUT2D eigenvalue weighted by molar-refractivity contribution is -0.900. The monoisotopic (exact) mass is 209 g/mol. The van der Waals surface area contributed by atoms with E-state index in [1.165, 1.54) is 0 Å². The number of aliphatic hydroxyl groups is 1. The molecule has 1 heterocycles. The van der Waals surface area contributed by atoms with E-state index in [-0.39, 0.29) is 16.6 Å². The molecule has 3 heteroatoms. The molecule has 0 aromatic carbocycles. The summed E-state index contributed by atoms with van der Waals surface area (Å²) in [5.74, 6) is 2.53. The van der Waals surface area contributed by atoms with Crippen molar-refractivity contribution in [2.75, 3.05) is 13.6 Å². The summed E-state index contributed by atoms with van der Waals surface area (Å²) in [5.41, 5.74) is -1.02. The van der Waals surface area contributed by atoms with Gasteiger partial charge in [-0.15, -0.1) is 6.42 Å². The van der Waals surface area contributed by atoms with Crippen LogP contribution in [0.4, 0.5) is 0 Å². The first kappa shape index (κ1) is 10.9. The summed E-state index contributed by atoms with van der Waals surface area (Å²) >= 11 is 0. The maximum atomic E-state index is 12.2. The lowest BCUT2D eigenvalue weighted by Gasteiger charge is -2.57. The molecule has 1 saturated carbocycles. The highest BCUT2D eigenvalue weighted by Gasteiger charge is 2.51. The van der Waals surface area contributed by atoms with Gasteiger partial charge in [-0.1, -0.05) is 12.3 Å². The normalized spacial score (nSPS) is 50.5. The first-order valence-electron chi connectivity index (χ1n) is 5.76. The predicted octanol–water partition coefficient (Wildman–Crippen LogP) is 1.26. The van der Waals surface area contributed by atoms with Crippen LogP contribution in [0.25, 0.3) is 0 Å². The number of piperidine rings is 1. The molecule has 1 saturated heterocycles. The highest BCUT2D eigenvalue weighted by molar-refractivity contribution is 5.14. The Hall–Kier alpha value is -0.560. The number of terminal acetylenes is 1. The van der Waals surface area contributed by atoms with E-state index in [0.29, 0.717) is 13.0 Å². The van der Waals surface area contributed by atoms with E-state index in [2.05, 4.69) is 5.92 Å². The van der Waals surface area contributed by atoms with Gasteiger partial charge in [0.1, 0.15) is 5.60 Å². The van der Waals surface area contributed by atoms with Crippen LogP contribution >= 0.6 is 0 Å². The largest absolute Gasteiger partial charge is 0.633 e. The number of hydroxylamine groups is 3. The number of nitrogens with zero attached hydrogens (tertiary/aromatic N) is 1. The van der Waals surface area contributed by atoms with Crippen molar-refractivity contribution in [3.63, 3.8) is 0 Å². The first-order valence-corrected chi connectivity index (χ1v) is 5.76. The van der Waals surface area contributed by atoms with Gasteiger partial charge in [-0.05, 0) is 12.8 Å². The van der Waals surface area contributed by atoms with Crippen molar-refractivity contribution in [3.8, 4) is 12.3 Å². The Morgan fingerprint density at radius 3 is 2.80 bits per heavy atom. The molecular weight excluding hydrogens is 190 g/mol. The van der Waals surface area contributed by atoms with Crippen LogP contribution in [0, 0.1) is 23.5 Å². The highest BCUT2D eigenvalue weighted by atomic mass is 16.5. The summed E-state index contributed by atoms with van der Waals surface area (Å²) in [5, 5.41) is 22.6. The number of hydrogen-bond acceptors (Lipinski definition) is 2. The van der Waals surface area contributed by atoms with Crippen molar-refractivity contribution in [1.82, 2.24) is 0 Å². The van der Waals surface area contributed by atoms with E-state index >= 15 is 0 Å². The van der Waals surface area contributed by atoms with Gasteiger partial charge in [-0.3, -0.25) is 0 Å². The predicted molar refractivity (Wildman–Crippen MR) is 58.6 cm³/mol. The van der Waals surface area contributed by atoms with Crippen LogP contribution < -0.4 is 0 Å². The Balaban J connectivity index is 2.28. The van der Waals surface area contributed by atoms with Crippen molar-refractivity contribution >= 4 is 0 Å². The number of rotatable bonds is 0. The van der Waals surface area contributed by atoms with Gasteiger partial charge in [-0.2, -0.15) is 0 Å². The Bertz CT molecular complexity index is 294. The molecule has 0 aromatic rings. The van der Waals surface area contributed by atoms with E-state index in [1.54, 1.807) is 7.05 Å². The smallest absolute Gasteiger partial charge is 0.139 e. The molecule has 2 aliphatic rings. The standard InChI is InChI=1S/C12H19NO2/c1-3-12(14)8-9-13(2,15)11-7-5-4-6-10(11)12/h1,10-11,14H,4-9H2,2H3/t10-,11-,12-,13?/m0/s1. The number of fused-ring (bicyclic) bond motifs is 1. The lowest BCUT2D eigenvalue weighted by Crippen LogP contribution is -2.64. The van der Waals surface area contributed by atoms with Gasteiger partial charge in [0.05, 0.1) is 25.6 Å². The second-order valence-corrected chi connectivity index (χ2v) is 5.17. The molecular formula is C12H19NO2. The molecule has 84 valence electrons. The zero-order valence-corrected chi connectivity index (χ0v) is 9.28. The highest BCUT2D eigenvalue weighted by Crippen LogP contribution is 2.43. The minimum atomic E-state index is -1.02.